The van der Waals surface area contributed by atoms with E-state index in [1.54, 1.807) is 0 Å². The molecule has 1 fully saturated rings. The summed E-state index contributed by atoms with van der Waals surface area (Å²) in [5, 5.41) is 0. The number of alkyl halides is 3. The lowest BCUT2D eigenvalue weighted by Crippen LogP contribution is -2.17. The van der Waals surface area contributed by atoms with Gasteiger partial charge in [-0.15, -0.1) is 0 Å². The number of halogens is 3. The highest BCUT2D eigenvalue weighted by molar-refractivity contribution is 5.77. The van der Waals surface area contributed by atoms with Crippen LogP contribution in [0.4, 0.5) is 13.2 Å². The minimum absolute atomic E-state index is 0.135. The molecular formula is C16H19F3N2O. The summed E-state index contributed by atoms with van der Waals surface area (Å²) in [5.41, 5.74) is 0.521. The van der Waals surface area contributed by atoms with Crippen molar-refractivity contribution >= 4 is 11.0 Å². The second-order valence-corrected chi connectivity index (χ2v) is 5.72. The monoisotopic (exact) mass is 312 g/mol. The number of ether oxygens (including phenoxy) is 1. The molecule has 1 aliphatic rings. The highest BCUT2D eigenvalue weighted by atomic mass is 19.4. The summed E-state index contributed by atoms with van der Waals surface area (Å²) in [6.07, 6.45) is -0.513. The number of hydrogen-bond acceptors (Lipinski definition) is 2. The first kappa shape index (κ1) is 15.3. The molecule has 1 atom stereocenters. The molecule has 22 heavy (non-hydrogen) atoms. The van der Waals surface area contributed by atoms with Gasteiger partial charge in [-0.1, -0.05) is 6.92 Å². The van der Waals surface area contributed by atoms with Gasteiger partial charge in [0.05, 0.1) is 29.2 Å². The van der Waals surface area contributed by atoms with E-state index in [0.29, 0.717) is 12.1 Å². The molecular weight excluding hydrogens is 293 g/mol. The van der Waals surface area contributed by atoms with Crippen LogP contribution in [0.1, 0.15) is 37.6 Å². The summed E-state index contributed by atoms with van der Waals surface area (Å²) in [6.45, 7) is 3.47. The quantitative estimate of drug-likeness (QED) is 0.846. The summed E-state index contributed by atoms with van der Waals surface area (Å²) >= 11 is 0. The predicted octanol–water partition coefficient (Wildman–Crippen LogP) is 4.19. The molecule has 2 heterocycles. The highest BCUT2D eigenvalue weighted by Gasteiger charge is 2.31. The van der Waals surface area contributed by atoms with Gasteiger partial charge in [-0.3, -0.25) is 0 Å². The van der Waals surface area contributed by atoms with Gasteiger partial charge in [0.25, 0.3) is 0 Å². The van der Waals surface area contributed by atoms with Gasteiger partial charge < -0.3 is 9.30 Å². The Morgan fingerprint density at radius 2 is 2.18 bits per heavy atom. The number of aryl methyl sites for hydroxylation is 1. The minimum atomic E-state index is -4.34. The van der Waals surface area contributed by atoms with Gasteiger partial charge in [0.2, 0.25) is 0 Å². The average molecular weight is 312 g/mol. The molecule has 1 unspecified atom stereocenters. The summed E-state index contributed by atoms with van der Waals surface area (Å²) in [6, 6.07) is 3.80. The number of rotatable bonds is 4. The standard InChI is InChI=1S/C16H19F3N2O/c1-2-4-15-20-13-9-11(16(17,18)19)6-7-14(13)21(15)10-12-5-3-8-22-12/h6-7,9,12H,2-5,8,10H2,1H3. The van der Waals surface area contributed by atoms with Crippen molar-refractivity contribution in [1.29, 1.82) is 0 Å². The van der Waals surface area contributed by atoms with E-state index < -0.39 is 11.7 Å². The lowest BCUT2D eigenvalue weighted by atomic mass is 10.2. The number of imidazole rings is 1. The van der Waals surface area contributed by atoms with Crippen molar-refractivity contribution in [2.24, 2.45) is 0 Å². The predicted molar refractivity (Wildman–Crippen MR) is 77.7 cm³/mol. The van der Waals surface area contributed by atoms with Crippen molar-refractivity contribution < 1.29 is 17.9 Å². The van der Waals surface area contributed by atoms with E-state index in [4.69, 9.17) is 4.74 Å². The van der Waals surface area contributed by atoms with Gasteiger partial charge in [-0.05, 0) is 37.5 Å². The van der Waals surface area contributed by atoms with E-state index in [9.17, 15) is 13.2 Å². The Hall–Kier alpha value is -1.56. The van der Waals surface area contributed by atoms with Crippen molar-refractivity contribution in [3.8, 4) is 0 Å². The smallest absolute Gasteiger partial charge is 0.376 e. The number of benzene rings is 1. The number of fused-ring (bicyclic) bond motifs is 1. The lowest BCUT2D eigenvalue weighted by molar-refractivity contribution is -0.137. The van der Waals surface area contributed by atoms with Gasteiger partial charge >= 0.3 is 6.18 Å². The van der Waals surface area contributed by atoms with Gasteiger partial charge in [0.1, 0.15) is 5.82 Å². The topological polar surface area (TPSA) is 27.1 Å². The molecule has 0 aliphatic carbocycles. The average Bonchev–Trinajstić information content (AvgIpc) is 3.07. The molecule has 0 bridgehead atoms. The SMILES string of the molecule is CCCc1nc2cc(C(F)(F)F)ccc2n1CC1CCCO1. The summed E-state index contributed by atoms with van der Waals surface area (Å²) in [5.74, 6) is 0.840. The molecule has 120 valence electrons. The molecule has 1 aromatic heterocycles. The molecule has 1 saturated heterocycles. The van der Waals surface area contributed by atoms with Crippen LogP contribution >= 0.6 is 0 Å². The highest BCUT2D eigenvalue weighted by Crippen LogP contribution is 2.32. The van der Waals surface area contributed by atoms with Crippen LogP contribution in [0.5, 0.6) is 0 Å². The maximum atomic E-state index is 12.8. The fourth-order valence-corrected chi connectivity index (χ4v) is 2.97. The minimum Gasteiger partial charge on any atom is -0.376 e. The van der Waals surface area contributed by atoms with E-state index in [0.717, 1.165) is 55.8 Å². The van der Waals surface area contributed by atoms with Crippen molar-refractivity contribution in [1.82, 2.24) is 9.55 Å². The summed E-state index contributed by atoms with van der Waals surface area (Å²) in [4.78, 5) is 4.43. The molecule has 1 aliphatic heterocycles. The first-order valence-corrected chi connectivity index (χ1v) is 7.67. The van der Waals surface area contributed by atoms with Crippen LogP contribution in [-0.4, -0.2) is 22.3 Å². The second kappa shape index (κ2) is 5.91. The first-order chi connectivity index (χ1) is 10.5. The third-order valence-corrected chi connectivity index (χ3v) is 4.04. The Morgan fingerprint density at radius 3 is 2.82 bits per heavy atom. The van der Waals surface area contributed by atoms with Crippen LogP contribution in [0.3, 0.4) is 0 Å². The molecule has 0 spiro atoms. The van der Waals surface area contributed by atoms with Crippen LogP contribution in [-0.2, 0) is 23.9 Å². The lowest BCUT2D eigenvalue weighted by Gasteiger charge is -2.14. The van der Waals surface area contributed by atoms with E-state index in [1.165, 1.54) is 6.07 Å². The van der Waals surface area contributed by atoms with Crippen molar-refractivity contribution in [2.45, 2.75) is 51.4 Å². The molecule has 1 aromatic carbocycles. The molecule has 3 rings (SSSR count). The molecule has 3 nitrogen and oxygen atoms in total. The normalized spacial score (nSPS) is 19.2. The van der Waals surface area contributed by atoms with E-state index in [-0.39, 0.29) is 6.10 Å². The summed E-state index contributed by atoms with van der Waals surface area (Å²) in [7, 11) is 0. The number of nitrogens with zero attached hydrogens (tertiary/aromatic N) is 2. The largest absolute Gasteiger partial charge is 0.416 e. The first-order valence-electron chi connectivity index (χ1n) is 7.67. The summed E-state index contributed by atoms with van der Waals surface area (Å²) < 4.78 is 46.2. The Kier molecular flexibility index (Phi) is 4.12. The maximum absolute atomic E-state index is 12.8. The van der Waals surface area contributed by atoms with Crippen LogP contribution in [0.2, 0.25) is 0 Å². The molecule has 6 heteroatoms. The molecule has 2 aromatic rings. The van der Waals surface area contributed by atoms with Crippen LogP contribution in [0.25, 0.3) is 11.0 Å². The Bertz CT molecular complexity index is 657. The van der Waals surface area contributed by atoms with Crippen LogP contribution in [0, 0.1) is 0 Å². The number of aromatic nitrogens is 2. The zero-order valence-corrected chi connectivity index (χ0v) is 12.5. The third-order valence-electron chi connectivity index (χ3n) is 4.04. The van der Waals surface area contributed by atoms with Crippen LogP contribution < -0.4 is 0 Å². The van der Waals surface area contributed by atoms with Crippen LogP contribution in [0.15, 0.2) is 18.2 Å². The molecule has 0 radical (unpaired) electrons. The van der Waals surface area contributed by atoms with Crippen molar-refractivity contribution in [3.63, 3.8) is 0 Å². The maximum Gasteiger partial charge on any atom is 0.416 e. The van der Waals surface area contributed by atoms with Crippen molar-refractivity contribution in [3.05, 3.63) is 29.6 Å². The fraction of sp³-hybridized carbons (Fsp3) is 0.562. The van der Waals surface area contributed by atoms with E-state index >= 15 is 0 Å². The Morgan fingerprint density at radius 1 is 1.36 bits per heavy atom. The molecule has 0 saturated carbocycles. The fourth-order valence-electron chi connectivity index (χ4n) is 2.97. The second-order valence-electron chi connectivity index (χ2n) is 5.72. The molecule has 0 amide bonds. The van der Waals surface area contributed by atoms with E-state index in [2.05, 4.69) is 4.98 Å². The van der Waals surface area contributed by atoms with Gasteiger partial charge in [0.15, 0.2) is 0 Å². The van der Waals surface area contributed by atoms with E-state index in [1.807, 2.05) is 11.5 Å². The van der Waals surface area contributed by atoms with Gasteiger partial charge in [-0.25, -0.2) is 4.98 Å². The third kappa shape index (κ3) is 2.97. The Balaban J connectivity index is 2.01. The van der Waals surface area contributed by atoms with Gasteiger partial charge in [-0.2, -0.15) is 13.2 Å². The zero-order valence-electron chi connectivity index (χ0n) is 12.5. The zero-order chi connectivity index (χ0) is 15.7. The van der Waals surface area contributed by atoms with Crippen molar-refractivity contribution in [2.75, 3.05) is 6.61 Å². The Labute approximate surface area is 127 Å². The number of hydrogen-bond donors (Lipinski definition) is 0. The van der Waals surface area contributed by atoms with Gasteiger partial charge in [0, 0.05) is 13.0 Å². The molecule has 0 N–H and O–H groups in total.